The van der Waals surface area contributed by atoms with Crippen molar-refractivity contribution in [1.82, 2.24) is 0 Å². The van der Waals surface area contributed by atoms with Crippen LogP contribution >= 0.6 is 11.3 Å². The molecule has 2 heterocycles. The molecule has 0 fully saturated rings. The van der Waals surface area contributed by atoms with Gasteiger partial charge in [-0.2, -0.15) is 0 Å². The Kier molecular flexibility index (Phi) is 4.46. The van der Waals surface area contributed by atoms with Gasteiger partial charge in [0.05, 0.1) is 5.41 Å². The van der Waals surface area contributed by atoms with Gasteiger partial charge in [0, 0.05) is 36.5 Å². The number of hydrogen-bond donors (Lipinski definition) is 0. The molecule has 0 atom stereocenters. The summed E-state index contributed by atoms with van der Waals surface area (Å²) < 4.78 is 9.58. The first kappa shape index (κ1) is 23.9. The fourth-order valence-corrected chi connectivity index (χ4v) is 9.66. The van der Waals surface area contributed by atoms with Gasteiger partial charge in [0.2, 0.25) is 0 Å². The summed E-state index contributed by atoms with van der Waals surface area (Å²) in [6.07, 6.45) is 0. The van der Waals surface area contributed by atoms with Crippen LogP contribution in [0.25, 0.3) is 75.5 Å². The molecule has 0 bridgehead atoms. The maximum absolute atomic E-state index is 6.94. The summed E-state index contributed by atoms with van der Waals surface area (Å²) >= 11 is 1.87. The molecule has 0 aliphatic heterocycles. The first-order valence-electron chi connectivity index (χ1n) is 15.5. The third-order valence-corrected chi connectivity index (χ3v) is 11.4. The SMILES string of the molecule is c1ccc2c(c1)-c1ccccc1C21c2ccccc2-c2c1cc(-c1ccc3sc4ccccc4c3c1)c1c2oc2ccccc21. The molecule has 2 heteroatoms. The van der Waals surface area contributed by atoms with Crippen molar-refractivity contribution >= 4 is 53.4 Å². The first-order chi connectivity index (χ1) is 22.3. The van der Waals surface area contributed by atoms with Crippen LogP contribution in [0.1, 0.15) is 22.3 Å². The quantitative estimate of drug-likeness (QED) is 0.186. The molecule has 0 radical (unpaired) electrons. The van der Waals surface area contributed by atoms with E-state index < -0.39 is 5.41 Å². The van der Waals surface area contributed by atoms with Crippen LogP contribution < -0.4 is 0 Å². The molecule has 1 nitrogen and oxygen atoms in total. The molecule has 2 aliphatic rings. The van der Waals surface area contributed by atoms with Crippen LogP contribution in [0.2, 0.25) is 0 Å². The molecular formula is C43H24OS. The van der Waals surface area contributed by atoms with E-state index in [9.17, 15) is 0 Å². The van der Waals surface area contributed by atoms with Crippen LogP contribution in [0.5, 0.6) is 0 Å². The summed E-state index contributed by atoms with van der Waals surface area (Å²) in [5, 5.41) is 4.97. The van der Waals surface area contributed by atoms with E-state index in [0.717, 1.165) is 16.6 Å². The highest BCUT2D eigenvalue weighted by molar-refractivity contribution is 7.25. The summed E-state index contributed by atoms with van der Waals surface area (Å²) in [5.41, 5.74) is 14.3. The third-order valence-electron chi connectivity index (χ3n) is 10.3. The Hall–Kier alpha value is -5.44. The third kappa shape index (κ3) is 2.85. The average molecular weight is 589 g/mol. The summed E-state index contributed by atoms with van der Waals surface area (Å²) in [4.78, 5) is 0. The van der Waals surface area contributed by atoms with Crippen molar-refractivity contribution < 1.29 is 4.42 Å². The van der Waals surface area contributed by atoms with Gasteiger partial charge in [0.15, 0.2) is 0 Å². The lowest BCUT2D eigenvalue weighted by Gasteiger charge is -2.30. The number of thiophene rings is 1. The number of fused-ring (bicyclic) bond motifs is 17. The van der Waals surface area contributed by atoms with Crippen LogP contribution in [0, 0.1) is 0 Å². The molecule has 1 spiro atoms. The number of para-hydroxylation sites is 1. The van der Waals surface area contributed by atoms with E-state index in [1.807, 2.05) is 11.3 Å². The highest BCUT2D eigenvalue weighted by Crippen LogP contribution is 2.64. The van der Waals surface area contributed by atoms with Gasteiger partial charge in [-0.15, -0.1) is 11.3 Å². The maximum Gasteiger partial charge on any atom is 0.144 e. The normalized spacial score (nSPS) is 14.0. The van der Waals surface area contributed by atoms with E-state index in [-0.39, 0.29) is 0 Å². The Morgan fingerprint density at radius 2 is 1.04 bits per heavy atom. The predicted octanol–water partition coefficient (Wildman–Crippen LogP) is 12.0. The Morgan fingerprint density at radius 1 is 0.444 bits per heavy atom. The molecule has 0 N–H and O–H groups in total. The molecule has 0 saturated carbocycles. The van der Waals surface area contributed by atoms with Crippen molar-refractivity contribution in [2.45, 2.75) is 5.41 Å². The molecule has 2 aromatic heterocycles. The maximum atomic E-state index is 6.94. The summed E-state index contributed by atoms with van der Waals surface area (Å²) in [6.45, 7) is 0. The second-order valence-electron chi connectivity index (χ2n) is 12.3. The minimum atomic E-state index is -0.430. The van der Waals surface area contributed by atoms with Gasteiger partial charge in [0.25, 0.3) is 0 Å². The first-order valence-corrected chi connectivity index (χ1v) is 16.3. The van der Waals surface area contributed by atoms with E-state index >= 15 is 0 Å². The molecule has 208 valence electrons. The van der Waals surface area contributed by atoms with Crippen molar-refractivity contribution in [1.29, 1.82) is 0 Å². The van der Waals surface area contributed by atoms with Gasteiger partial charge in [-0.3, -0.25) is 0 Å². The van der Waals surface area contributed by atoms with Crippen LogP contribution in [0.3, 0.4) is 0 Å². The lowest BCUT2D eigenvalue weighted by atomic mass is 9.70. The Labute approximate surface area is 263 Å². The van der Waals surface area contributed by atoms with E-state index in [1.165, 1.54) is 81.2 Å². The minimum absolute atomic E-state index is 0.430. The standard InChI is InChI=1S/C43H24OS/c1-6-16-33-26(11-1)27-12-2-7-17-34(27)43(33)35-18-8-3-14-29(35)41-36(43)24-31(40-30-15-4-9-19-37(30)44-42(40)41)25-21-22-39-32(23-25)28-13-5-10-20-38(28)45-39/h1-24H. The van der Waals surface area contributed by atoms with Gasteiger partial charge in [-0.1, -0.05) is 115 Å². The molecule has 11 rings (SSSR count). The molecule has 0 amide bonds. The fourth-order valence-electron chi connectivity index (χ4n) is 8.57. The molecule has 9 aromatic rings. The van der Waals surface area contributed by atoms with Crippen molar-refractivity contribution in [3.8, 4) is 33.4 Å². The number of hydrogen-bond acceptors (Lipinski definition) is 2. The van der Waals surface area contributed by atoms with Crippen molar-refractivity contribution in [3.63, 3.8) is 0 Å². The van der Waals surface area contributed by atoms with E-state index in [4.69, 9.17) is 4.42 Å². The zero-order valence-electron chi connectivity index (χ0n) is 24.2. The summed E-state index contributed by atoms with van der Waals surface area (Å²) in [5.74, 6) is 0. The monoisotopic (exact) mass is 588 g/mol. The fraction of sp³-hybridized carbons (Fsp3) is 0.0233. The Morgan fingerprint density at radius 3 is 1.82 bits per heavy atom. The van der Waals surface area contributed by atoms with Crippen LogP contribution in [0.4, 0.5) is 0 Å². The molecule has 0 unspecified atom stereocenters. The van der Waals surface area contributed by atoms with Crippen LogP contribution in [-0.4, -0.2) is 0 Å². The summed E-state index contributed by atoms with van der Waals surface area (Å²) in [6, 6.07) is 53.8. The molecule has 7 aromatic carbocycles. The van der Waals surface area contributed by atoms with Gasteiger partial charge >= 0.3 is 0 Å². The molecule has 2 aliphatic carbocycles. The Bertz CT molecular complexity index is 2670. The van der Waals surface area contributed by atoms with Gasteiger partial charge in [-0.25, -0.2) is 0 Å². The average Bonchev–Trinajstić information content (AvgIpc) is 3.83. The molecule has 0 saturated heterocycles. The minimum Gasteiger partial charge on any atom is -0.455 e. The largest absolute Gasteiger partial charge is 0.455 e. The molecular weight excluding hydrogens is 565 g/mol. The zero-order valence-corrected chi connectivity index (χ0v) is 25.0. The molecule has 45 heavy (non-hydrogen) atoms. The number of furan rings is 1. The zero-order chi connectivity index (χ0) is 29.3. The van der Waals surface area contributed by atoms with E-state index in [0.29, 0.717) is 0 Å². The van der Waals surface area contributed by atoms with Crippen molar-refractivity contribution in [2.75, 3.05) is 0 Å². The van der Waals surface area contributed by atoms with Crippen molar-refractivity contribution in [2.24, 2.45) is 0 Å². The lowest BCUT2D eigenvalue weighted by Crippen LogP contribution is -2.25. The Balaban J connectivity index is 1.34. The topological polar surface area (TPSA) is 13.1 Å². The van der Waals surface area contributed by atoms with Crippen LogP contribution in [0.15, 0.2) is 150 Å². The second kappa shape index (κ2) is 8.38. The smallest absolute Gasteiger partial charge is 0.144 e. The lowest BCUT2D eigenvalue weighted by molar-refractivity contribution is 0.669. The highest BCUT2D eigenvalue weighted by Gasteiger charge is 2.52. The highest BCUT2D eigenvalue weighted by atomic mass is 32.1. The number of benzene rings is 7. The van der Waals surface area contributed by atoms with E-state index in [1.54, 1.807) is 0 Å². The van der Waals surface area contributed by atoms with Gasteiger partial charge < -0.3 is 4.42 Å². The van der Waals surface area contributed by atoms with Crippen LogP contribution in [-0.2, 0) is 5.41 Å². The predicted molar refractivity (Wildman–Crippen MR) is 188 cm³/mol. The number of rotatable bonds is 1. The second-order valence-corrected chi connectivity index (χ2v) is 13.4. The van der Waals surface area contributed by atoms with Gasteiger partial charge in [-0.05, 0) is 80.4 Å². The van der Waals surface area contributed by atoms with Crippen molar-refractivity contribution in [3.05, 3.63) is 168 Å². The van der Waals surface area contributed by atoms with Gasteiger partial charge in [0.1, 0.15) is 11.2 Å². The summed E-state index contributed by atoms with van der Waals surface area (Å²) in [7, 11) is 0. The van der Waals surface area contributed by atoms with E-state index in [2.05, 4.69) is 146 Å².